The van der Waals surface area contributed by atoms with Crippen molar-refractivity contribution < 1.29 is 4.52 Å². The molecule has 0 spiro atoms. The lowest BCUT2D eigenvalue weighted by Crippen LogP contribution is -1.93. The van der Waals surface area contributed by atoms with Crippen LogP contribution in [0.2, 0.25) is 0 Å². The van der Waals surface area contributed by atoms with E-state index < -0.39 is 0 Å². The molecule has 0 saturated heterocycles. The van der Waals surface area contributed by atoms with E-state index in [-0.39, 0.29) is 0 Å². The summed E-state index contributed by atoms with van der Waals surface area (Å²) in [4.78, 5) is 8.25. The van der Waals surface area contributed by atoms with E-state index in [1.807, 2.05) is 32.2 Å². The number of aromatic nitrogens is 3. The van der Waals surface area contributed by atoms with E-state index in [4.69, 9.17) is 9.51 Å². The van der Waals surface area contributed by atoms with Gasteiger partial charge in [-0.15, -0.1) is 0 Å². The van der Waals surface area contributed by atoms with Crippen molar-refractivity contribution in [3.05, 3.63) is 59.6 Å². The first-order valence-electron chi connectivity index (χ1n) is 7.62. The molecule has 4 nitrogen and oxygen atoms in total. The first kappa shape index (κ1) is 13.8. The van der Waals surface area contributed by atoms with Gasteiger partial charge in [-0.1, -0.05) is 29.4 Å². The van der Waals surface area contributed by atoms with Crippen LogP contribution < -0.4 is 0 Å². The number of nitrogens with zero attached hydrogens (tertiary/aromatic N) is 2. The van der Waals surface area contributed by atoms with Crippen molar-refractivity contribution in [1.82, 2.24) is 15.1 Å². The summed E-state index contributed by atoms with van der Waals surface area (Å²) in [7, 11) is 0. The Morgan fingerprint density at radius 3 is 2.61 bits per heavy atom. The van der Waals surface area contributed by atoms with Crippen LogP contribution >= 0.6 is 0 Å². The SMILES string of the molecule is Cc1ccccc1-c1nc(-c2c(C)noc2C)cc2[nH]ccc12. The number of hydrogen-bond donors (Lipinski definition) is 1. The van der Waals surface area contributed by atoms with Crippen LogP contribution in [-0.2, 0) is 0 Å². The van der Waals surface area contributed by atoms with Gasteiger partial charge in [0, 0.05) is 22.7 Å². The van der Waals surface area contributed by atoms with Crippen molar-refractivity contribution >= 4 is 10.9 Å². The highest BCUT2D eigenvalue weighted by Gasteiger charge is 2.17. The molecule has 4 heteroatoms. The number of pyridine rings is 1. The third-order valence-corrected chi connectivity index (χ3v) is 4.24. The highest BCUT2D eigenvalue weighted by Crippen LogP contribution is 2.34. The van der Waals surface area contributed by atoms with Gasteiger partial charge in [0.1, 0.15) is 5.76 Å². The average Bonchev–Trinajstić information content (AvgIpc) is 3.13. The minimum Gasteiger partial charge on any atom is -0.361 e. The number of fused-ring (bicyclic) bond motifs is 1. The van der Waals surface area contributed by atoms with Gasteiger partial charge in [0.15, 0.2) is 0 Å². The summed E-state index contributed by atoms with van der Waals surface area (Å²) in [5.74, 6) is 0.789. The van der Waals surface area contributed by atoms with Crippen molar-refractivity contribution in [2.75, 3.05) is 0 Å². The van der Waals surface area contributed by atoms with Crippen molar-refractivity contribution in [1.29, 1.82) is 0 Å². The van der Waals surface area contributed by atoms with Crippen LogP contribution in [0.15, 0.2) is 47.1 Å². The monoisotopic (exact) mass is 303 g/mol. The van der Waals surface area contributed by atoms with Crippen LogP contribution in [-0.4, -0.2) is 15.1 Å². The maximum Gasteiger partial charge on any atom is 0.143 e. The van der Waals surface area contributed by atoms with Crippen molar-refractivity contribution in [2.45, 2.75) is 20.8 Å². The molecule has 4 rings (SSSR count). The summed E-state index contributed by atoms with van der Waals surface area (Å²) in [6.07, 6.45) is 1.95. The van der Waals surface area contributed by atoms with Gasteiger partial charge in [0.2, 0.25) is 0 Å². The largest absolute Gasteiger partial charge is 0.361 e. The molecule has 1 N–H and O–H groups in total. The summed E-state index contributed by atoms with van der Waals surface area (Å²) in [5, 5.41) is 5.18. The van der Waals surface area contributed by atoms with Gasteiger partial charge in [-0.2, -0.15) is 0 Å². The standard InChI is InChI=1S/C19H17N3O/c1-11-6-4-5-7-14(11)19-15-8-9-20-16(15)10-17(21-19)18-12(2)22-23-13(18)3/h4-10,20H,1-3H3. The number of rotatable bonds is 2. The lowest BCUT2D eigenvalue weighted by molar-refractivity contribution is 0.393. The van der Waals surface area contributed by atoms with Crippen LogP contribution in [0.4, 0.5) is 0 Å². The van der Waals surface area contributed by atoms with Crippen LogP contribution in [0, 0.1) is 20.8 Å². The van der Waals surface area contributed by atoms with Crippen molar-refractivity contribution in [3.63, 3.8) is 0 Å². The molecule has 3 heterocycles. The Kier molecular flexibility index (Phi) is 3.05. The van der Waals surface area contributed by atoms with Gasteiger partial charge in [0.25, 0.3) is 0 Å². The molecule has 0 amide bonds. The molecule has 0 bridgehead atoms. The van der Waals surface area contributed by atoms with Crippen LogP contribution in [0.3, 0.4) is 0 Å². The van der Waals surface area contributed by atoms with Crippen LogP contribution in [0.25, 0.3) is 33.4 Å². The van der Waals surface area contributed by atoms with Crippen LogP contribution in [0.5, 0.6) is 0 Å². The fraction of sp³-hybridized carbons (Fsp3) is 0.158. The Hall–Kier alpha value is -2.88. The molecule has 0 radical (unpaired) electrons. The topological polar surface area (TPSA) is 54.7 Å². The van der Waals surface area contributed by atoms with E-state index in [1.165, 1.54) is 5.56 Å². The second-order valence-corrected chi connectivity index (χ2v) is 5.81. The molecule has 0 aliphatic heterocycles. The lowest BCUT2D eigenvalue weighted by atomic mass is 10.0. The molecular weight excluding hydrogens is 286 g/mol. The van der Waals surface area contributed by atoms with Crippen LogP contribution in [0.1, 0.15) is 17.0 Å². The number of aromatic amines is 1. The first-order chi connectivity index (χ1) is 11.1. The fourth-order valence-electron chi connectivity index (χ4n) is 3.08. The molecular formula is C19H17N3O. The summed E-state index contributed by atoms with van der Waals surface area (Å²) >= 11 is 0. The molecule has 0 aliphatic rings. The third kappa shape index (κ3) is 2.14. The summed E-state index contributed by atoms with van der Waals surface area (Å²) in [6, 6.07) is 12.4. The van der Waals surface area contributed by atoms with Gasteiger partial charge < -0.3 is 9.51 Å². The molecule has 0 saturated carbocycles. The summed E-state index contributed by atoms with van der Waals surface area (Å²) < 4.78 is 5.31. The lowest BCUT2D eigenvalue weighted by Gasteiger charge is -2.09. The number of aryl methyl sites for hydroxylation is 3. The van der Waals surface area contributed by atoms with E-state index in [2.05, 4.69) is 41.3 Å². The fourth-order valence-corrected chi connectivity index (χ4v) is 3.08. The summed E-state index contributed by atoms with van der Waals surface area (Å²) in [6.45, 7) is 5.97. The van der Waals surface area contributed by atoms with E-state index >= 15 is 0 Å². The smallest absolute Gasteiger partial charge is 0.143 e. The highest BCUT2D eigenvalue weighted by molar-refractivity contribution is 5.96. The molecule has 0 atom stereocenters. The van der Waals surface area contributed by atoms with Gasteiger partial charge in [0.05, 0.1) is 22.6 Å². The zero-order valence-corrected chi connectivity index (χ0v) is 13.3. The second kappa shape index (κ2) is 5.09. The number of H-pyrrole nitrogens is 1. The Morgan fingerprint density at radius 2 is 1.87 bits per heavy atom. The number of nitrogens with one attached hydrogen (secondary N) is 1. The van der Waals surface area contributed by atoms with E-state index in [0.717, 1.165) is 44.9 Å². The number of benzene rings is 1. The van der Waals surface area contributed by atoms with Gasteiger partial charge in [-0.05, 0) is 38.5 Å². The van der Waals surface area contributed by atoms with Crippen molar-refractivity contribution in [3.8, 4) is 22.5 Å². The predicted molar refractivity (Wildman–Crippen MR) is 91.2 cm³/mol. The zero-order chi connectivity index (χ0) is 16.0. The molecule has 114 valence electrons. The maximum atomic E-state index is 5.31. The zero-order valence-electron chi connectivity index (χ0n) is 13.3. The van der Waals surface area contributed by atoms with Gasteiger partial charge in [-0.25, -0.2) is 4.98 Å². The molecule has 1 aromatic carbocycles. The second-order valence-electron chi connectivity index (χ2n) is 5.81. The summed E-state index contributed by atoms with van der Waals surface area (Å²) in [5.41, 5.74) is 7.11. The molecule has 0 unspecified atom stereocenters. The van der Waals surface area contributed by atoms with E-state index in [0.29, 0.717) is 0 Å². The molecule has 0 fully saturated rings. The highest BCUT2D eigenvalue weighted by atomic mass is 16.5. The quantitative estimate of drug-likeness (QED) is 0.578. The minimum absolute atomic E-state index is 0.789. The van der Waals surface area contributed by atoms with Gasteiger partial charge >= 0.3 is 0 Å². The Balaban J connectivity index is 2.05. The average molecular weight is 303 g/mol. The molecule has 4 aromatic rings. The Morgan fingerprint density at radius 1 is 1.04 bits per heavy atom. The molecule has 0 aliphatic carbocycles. The first-order valence-corrected chi connectivity index (χ1v) is 7.62. The predicted octanol–water partition coefficient (Wildman–Crippen LogP) is 4.81. The van der Waals surface area contributed by atoms with Crippen molar-refractivity contribution in [2.24, 2.45) is 0 Å². The Bertz CT molecular complexity index is 991. The van der Waals surface area contributed by atoms with E-state index in [9.17, 15) is 0 Å². The third-order valence-electron chi connectivity index (χ3n) is 4.24. The molecule has 23 heavy (non-hydrogen) atoms. The minimum atomic E-state index is 0.789. The Labute approximate surface area is 134 Å². The maximum absolute atomic E-state index is 5.31. The molecule has 3 aromatic heterocycles. The normalized spacial score (nSPS) is 11.3. The van der Waals surface area contributed by atoms with Gasteiger partial charge in [-0.3, -0.25) is 0 Å². The van der Waals surface area contributed by atoms with E-state index in [1.54, 1.807) is 0 Å². The number of hydrogen-bond acceptors (Lipinski definition) is 3.